The van der Waals surface area contributed by atoms with Crippen LogP contribution in [0.25, 0.3) is 5.69 Å². The third kappa shape index (κ3) is 3.98. The minimum absolute atomic E-state index is 0.0123. The molecule has 4 aromatic rings. The molecule has 10 nitrogen and oxygen atoms in total. The second-order valence-electron chi connectivity index (χ2n) is 7.77. The number of carbonyl (C=O) groups is 1. The molecule has 2 aromatic carbocycles. The van der Waals surface area contributed by atoms with Gasteiger partial charge in [-0.05, 0) is 23.3 Å². The molecule has 0 spiro atoms. The number of halogens is 1. The fourth-order valence-corrected chi connectivity index (χ4v) is 3.90. The number of hydrogen-bond acceptors (Lipinski definition) is 7. The Balaban J connectivity index is 1.40. The fourth-order valence-electron chi connectivity index (χ4n) is 3.90. The molecule has 3 heterocycles. The highest BCUT2D eigenvalue weighted by molar-refractivity contribution is 5.95. The molecule has 1 aliphatic rings. The van der Waals surface area contributed by atoms with Gasteiger partial charge in [0.15, 0.2) is 5.69 Å². The summed E-state index contributed by atoms with van der Waals surface area (Å²) >= 11 is 0. The maximum Gasteiger partial charge on any atom is 0.298 e. The molecule has 1 amide bonds. The van der Waals surface area contributed by atoms with Gasteiger partial charge < -0.3 is 15.3 Å². The van der Waals surface area contributed by atoms with E-state index in [1.165, 1.54) is 40.1 Å². The van der Waals surface area contributed by atoms with E-state index in [0.717, 1.165) is 5.56 Å². The van der Waals surface area contributed by atoms with E-state index in [9.17, 15) is 19.1 Å². The summed E-state index contributed by atoms with van der Waals surface area (Å²) in [5.74, 6) is -1.58. The van der Waals surface area contributed by atoms with Gasteiger partial charge in [-0.1, -0.05) is 36.4 Å². The molecule has 0 atom stereocenters. The lowest BCUT2D eigenvalue weighted by Gasteiger charge is -2.18. The molecule has 1 aliphatic heterocycles. The van der Waals surface area contributed by atoms with Crippen molar-refractivity contribution in [1.82, 2.24) is 29.6 Å². The molecule has 5 rings (SSSR count). The van der Waals surface area contributed by atoms with Crippen LogP contribution in [0.1, 0.15) is 21.6 Å². The van der Waals surface area contributed by atoms with Gasteiger partial charge >= 0.3 is 0 Å². The van der Waals surface area contributed by atoms with E-state index >= 15 is 0 Å². The Morgan fingerprint density at radius 3 is 2.74 bits per heavy atom. The number of fused-ring (bicyclic) bond motifs is 1. The summed E-state index contributed by atoms with van der Waals surface area (Å²) < 4.78 is 16.5. The Kier molecular flexibility index (Phi) is 5.50. The topological polar surface area (TPSA) is 118 Å². The number of amides is 1. The quantitative estimate of drug-likeness (QED) is 0.448. The Morgan fingerprint density at radius 1 is 1.15 bits per heavy atom. The molecular formula is C23H20FN7O3. The van der Waals surface area contributed by atoms with Crippen molar-refractivity contribution in [3.63, 3.8) is 0 Å². The van der Waals surface area contributed by atoms with Crippen molar-refractivity contribution in [2.24, 2.45) is 0 Å². The minimum atomic E-state index is -0.724. The molecule has 0 bridgehead atoms. The van der Waals surface area contributed by atoms with Crippen LogP contribution in [0, 0.1) is 5.82 Å². The SMILES string of the molecule is O=C(NCc1ccc(F)cc1-n1cncn1)c1nc2n(c(=O)c1O)CCN2Cc1ccccc1. The van der Waals surface area contributed by atoms with E-state index in [4.69, 9.17) is 0 Å². The van der Waals surface area contributed by atoms with Gasteiger partial charge in [0.25, 0.3) is 11.5 Å². The lowest BCUT2D eigenvalue weighted by molar-refractivity contribution is 0.0942. The molecule has 0 saturated heterocycles. The summed E-state index contributed by atoms with van der Waals surface area (Å²) in [4.78, 5) is 35.7. The van der Waals surface area contributed by atoms with E-state index in [1.54, 1.807) is 0 Å². The van der Waals surface area contributed by atoms with Crippen LogP contribution in [0.4, 0.5) is 10.3 Å². The van der Waals surface area contributed by atoms with Crippen molar-refractivity contribution >= 4 is 11.9 Å². The first-order valence-corrected chi connectivity index (χ1v) is 10.6. The highest BCUT2D eigenvalue weighted by atomic mass is 19.1. The molecule has 11 heteroatoms. The van der Waals surface area contributed by atoms with Gasteiger partial charge in [-0.3, -0.25) is 14.2 Å². The molecule has 0 unspecified atom stereocenters. The second kappa shape index (κ2) is 8.77. The van der Waals surface area contributed by atoms with Gasteiger partial charge in [0.2, 0.25) is 11.7 Å². The molecule has 0 aliphatic carbocycles. The highest BCUT2D eigenvalue weighted by Gasteiger charge is 2.28. The number of benzene rings is 2. The maximum atomic E-state index is 13.8. The summed E-state index contributed by atoms with van der Waals surface area (Å²) in [6, 6.07) is 13.7. The smallest absolute Gasteiger partial charge is 0.298 e. The number of aromatic hydroxyl groups is 1. The average molecular weight is 461 g/mol. The monoisotopic (exact) mass is 461 g/mol. The van der Waals surface area contributed by atoms with Gasteiger partial charge in [-0.15, -0.1) is 0 Å². The summed E-state index contributed by atoms with van der Waals surface area (Å²) in [6.45, 7) is 1.39. The van der Waals surface area contributed by atoms with E-state index in [-0.39, 0.29) is 12.2 Å². The Labute approximate surface area is 192 Å². The number of nitrogens with one attached hydrogen (secondary N) is 1. The van der Waals surface area contributed by atoms with Gasteiger partial charge in [-0.2, -0.15) is 5.10 Å². The number of carbonyl (C=O) groups excluding carboxylic acids is 1. The standard InChI is InChI=1S/C23H20FN7O3/c24-17-7-6-16(18(10-17)31-14-25-13-27-31)11-26-21(33)19-20(32)22(34)30-9-8-29(23(30)28-19)12-15-4-2-1-3-5-15/h1-7,10,13-14,32H,8-9,11-12H2,(H,26,33). The van der Waals surface area contributed by atoms with Crippen molar-refractivity contribution in [3.8, 4) is 11.4 Å². The Hall–Kier alpha value is -4.54. The highest BCUT2D eigenvalue weighted by Crippen LogP contribution is 2.23. The van der Waals surface area contributed by atoms with Crippen LogP contribution in [-0.4, -0.2) is 41.9 Å². The Bertz CT molecular complexity index is 1400. The minimum Gasteiger partial charge on any atom is -0.501 e. The number of aromatic nitrogens is 5. The molecule has 0 saturated carbocycles. The van der Waals surface area contributed by atoms with Crippen LogP contribution in [0.5, 0.6) is 5.75 Å². The van der Waals surface area contributed by atoms with Gasteiger partial charge in [0, 0.05) is 26.2 Å². The predicted molar refractivity (Wildman–Crippen MR) is 120 cm³/mol. The molecule has 0 fully saturated rings. The van der Waals surface area contributed by atoms with E-state index < -0.39 is 23.0 Å². The van der Waals surface area contributed by atoms with Crippen LogP contribution in [0.3, 0.4) is 0 Å². The Morgan fingerprint density at radius 2 is 1.97 bits per heavy atom. The molecular weight excluding hydrogens is 441 g/mol. The van der Waals surface area contributed by atoms with Crippen molar-refractivity contribution in [3.05, 3.63) is 94.2 Å². The largest absolute Gasteiger partial charge is 0.501 e. The van der Waals surface area contributed by atoms with Crippen LogP contribution in [0.15, 0.2) is 66.0 Å². The first-order chi connectivity index (χ1) is 16.5. The third-order valence-electron chi connectivity index (χ3n) is 5.59. The maximum absolute atomic E-state index is 13.8. The lowest BCUT2D eigenvalue weighted by atomic mass is 10.1. The van der Waals surface area contributed by atoms with Crippen molar-refractivity contribution < 1.29 is 14.3 Å². The zero-order valence-corrected chi connectivity index (χ0v) is 17.9. The molecule has 172 valence electrons. The number of rotatable bonds is 6. The molecule has 0 radical (unpaired) electrons. The van der Waals surface area contributed by atoms with Crippen LogP contribution in [-0.2, 0) is 19.6 Å². The molecule has 34 heavy (non-hydrogen) atoms. The second-order valence-corrected chi connectivity index (χ2v) is 7.77. The summed E-state index contributed by atoms with van der Waals surface area (Å²) in [5, 5.41) is 17.1. The van der Waals surface area contributed by atoms with Gasteiger partial charge in [0.1, 0.15) is 18.5 Å². The zero-order valence-electron chi connectivity index (χ0n) is 17.9. The summed E-state index contributed by atoms with van der Waals surface area (Å²) in [7, 11) is 0. The van der Waals surface area contributed by atoms with E-state index in [2.05, 4.69) is 20.4 Å². The first kappa shape index (κ1) is 21.3. The molecule has 2 N–H and O–H groups in total. The van der Waals surface area contributed by atoms with Gasteiger partial charge in [0.05, 0.1) is 5.69 Å². The van der Waals surface area contributed by atoms with E-state index in [1.807, 2.05) is 35.2 Å². The lowest BCUT2D eigenvalue weighted by Crippen LogP contribution is -2.30. The van der Waals surface area contributed by atoms with Crippen molar-refractivity contribution in [1.29, 1.82) is 0 Å². The van der Waals surface area contributed by atoms with E-state index in [0.29, 0.717) is 36.8 Å². The van der Waals surface area contributed by atoms with Crippen LogP contribution in [0.2, 0.25) is 0 Å². The third-order valence-corrected chi connectivity index (χ3v) is 5.59. The number of nitrogens with zero attached hydrogens (tertiary/aromatic N) is 6. The number of hydrogen-bond donors (Lipinski definition) is 2. The zero-order chi connectivity index (χ0) is 23.7. The van der Waals surface area contributed by atoms with Gasteiger partial charge in [-0.25, -0.2) is 19.0 Å². The first-order valence-electron chi connectivity index (χ1n) is 10.6. The molecule has 2 aromatic heterocycles. The predicted octanol–water partition coefficient (Wildman–Crippen LogP) is 1.62. The summed E-state index contributed by atoms with van der Waals surface area (Å²) in [5.41, 5.74) is 0.957. The summed E-state index contributed by atoms with van der Waals surface area (Å²) in [6.07, 6.45) is 2.73. The van der Waals surface area contributed by atoms with Crippen LogP contribution < -0.4 is 15.8 Å². The number of anilines is 1. The van der Waals surface area contributed by atoms with Crippen molar-refractivity contribution in [2.75, 3.05) is 11.4 Å². The van der Waals surface area contributed by atoms with Crippen LogP contribution >= 0.6 is 0 Å². The normalized spacial score (nSPS) is 12.6. The average Bonchev–Trinajstić information content (AvgIpc) is 3.52. The fraction of sp³-hybridized carbons (Fsp3) is 0.174. The van der Waals surface area contributed by atoms with Crippen molar-refractivity contribution in [2.45, 2.75) is 19.6 Å².